The largest absolute Gasteiger partial charge is 0.481 e. The molecule has 1 aliphatic heterocycles. The predicted octanol–water partition coefficient (Wildman–Crippen LogP) is 6.37. The minimum Gasteiger partial charge on any atom is -0.481 e. The van der Waals surface area contributed by atoms with Crippen molar-refractivity contribution in [3.8, 4) is 22.6 Å². The molecule has 0 bridgehead atoms. The molecule has 1 N–H and O–H groups in total. The Hall–Kier alpha value is -3.60. The molecule has 3 aromatic rings. The fourth-order valence-corrected chi connectivity index (χ4v) is 5.09. The molecule has 1 saturated carbocycles. The normalized spacial score (nSPS) is 16.1. The maximum atomic E-state index is 13.5. The summed E-state index contributed by atoms with van der Waals surface area (Å²) in [6.45, 7) is 6.30. The second kappa shape index (κ2) is 8.88. The highest BCUT2D eigenvalue weighted by molar-refractivity contribution is 5.95. The van der Waals surface area contributed by atoms with E-state index in [2.05, 4.69) is 38.1 Å². The minimum atomic E-state index is -0.798. The number of carboxylic acids is 1. The summed E-state index contributed by atoms with van der Waals surface area (Å²) in [4.78, 5) is 24.7. The van der Waals surface area contributed by atoms with Crippen LogP contribution in [0.1, 0.15) is 61.3 Å². The predicted molar refractivity (Wildman–Crippen MR) is 136 cm³/mol. The smallest absolute Gasteiger partial charge is 0.303 e. The van der Waals surface area contributed by atoms with Gasteiger partial charge in [0.05, 0.1) is 11.8 Å². The van der Waals surface area contributed by atoms with Gasteiger partial charge in [-0.3, -0.25) is 9.59 Å². The van der Waals surface area contributed by atoms with Gasteiger partial charge in [-0.1, -0.05) is 49.4 Å². The van der Waals surface area contributed by atoms with Crippen molar-refractivity contribution in [2.75, 3.05) is 6.79 Å². The van der Waals surface area contributed by atoms with Gasteiger partial charge in [-0.05, 0) is 83.7 Å². The molecule has 1 fully saturated rings. The highest BCUT2D eigenvalue weighted by Gasteiger charge is 2.50. The molecule has 1 unspecified atom stereocenters. The number of benzene rings is 3. The standard InChI is InChI=1S/C30H30O5.H2/c1-18-4-6-21(13-24(18)25-15-22(7-5-19(25)2)20(3)12-29(32)33)14-28(31)30(10-11-30)23-8-9-26-27(16-23)35-17-34-26;/h4-9,13,15-16,20H,10-12,14,17H2,1-3H3,(H,32,33);1H. The number of rotatable bonds is 8. The van der Waals surface area contributed by atoms with Crippen molar-refractivity contribution in [2.45, 2.75) is 57.8 Å². The van der Waals surface area contributed by atoms with Crippen molar-refractivity contribution in [3.63, 3.8) is 0 Å². The number of fused-ring (bicyclic) bond motifs is 1. The Kier molecular flexibility index (Phi) is 5.87. The van der Waals surface area contributed by atoms with Gasteiger partial charge in [-0.25, -0.2) is 0 Å². The van der Waals surface area contributed by atoms with Gasteiger partial charge in [0, 0.05) is 7.85 Å². The fourth-order valence-electron chi connectivity index (χ4n) is 5.09. The molecule has 0 spiro atoms. The second-order valence-electron chi connectivity index (χ2n) is 9.97. The number of Topliss-reactive ketones (excluding diaryl/α,β-unsaturated/α-hetero) is 1. The van der Waals surface area contributed by atoms with E-state index < -0.39 is 11.4 Å². The lowest BCUT2D eigenvalue weighted by atomic mass is 9.86. The van der Waals surface area contributed by atoms with E-state index >= 15 is 0 Å². The first-order chi connectivity index (χ1) is 16.8. The Morgan fingerprint density at radius 1 is 0.943 bits per heavy atom. The van der Waals surface area contributed by atoms with Crippen LogP contribution in [-0.4, -0.2) is 23.7 Å². The van der Waals surface area contributed by atoms with Crippen LogP contribution < -0.4 is 9.47 Å². The summed E-state index contributed by atoms with van der Waals surface area (Å²) in [6, 6.07) is 18.3. The van der Waals surface area contributed by atoms with Gasteiger partial charge >= 0.3 is 5.97 Å². The first-order valence-corrected chi connectivity index (χ1v) is 12.1. The third-order valence-corrected chi connectivity index (χ3v) is 7.48. The van der Waals surface area contributed by atoms with Gasteiger partial charge in [-0.15, -0.1) is 0 Å². The van der Waals surface area contributed by atoms with Crippen LogP contribution in [0.2, 0.25) is 0 Å². The molecule has 182 valence electrons. The van der Waals surface area contributed by atoms with Crippen LogP contribution in [0.15, 0.2) is 54.6 Å². The molecule has 1 heterocycles. The van der Waals surface area contributed by atoms with E-state index in [1.165, 1.54) is 0 Å². The van der Waals surface area contributed by atoms with Gasteiger partial charge in [0.15, 0.2) is 11.5 Å². The van der Waals surface area contributed by atoms with Gasteiger partial charge < -0.3 is 14.6 Å². The highest BCUT2D eigenvalue weighted by Crippen LogP contribution is 2.51. The summed E-state index contributed by atoms with van der Waals surface area (Å²) in [7, 11) is 0. The number of carbonyl (C=O) groups is 2. The number of ketones is 1. The monoisotopic (exact) mass is 472 g/mol. The van der Waals surface area contributed by atoms with E-state index in [0.717, 1.165) is 57.5 Å². The van der Waals surface area contributed by atoms with E-state index in [9.17, 15) is 14.7 Å². The van der Waals surface area contributed by atoms with Crippen molar-refractivity contribution in [1.29, 1.82) is 0 Å². The SMILES string of the molecule is Cc1ccc(CC(=O)C2(c3ccc4c(c3)OCO4)CC2)cc1-c1cc(C(C)CC(=O)O)ccc1C.[HH]. The van der Waals surface area contributed by atoms with Crippen LogP contribution in [0.4, 0.5) is 0 Å². The summed E-state index contributed by atoms with van der Waals surface area (Å²) in [5.74, 6) is 0.801. The van der Waals surface area contributed by atoms with Crippen LogP contribution in [-0.2, 0) is 21.4 Å². The zero-order chi connectivity index (χ0) is 24.7. The van der Waals surface area contributed by atoms with Crippen LogP contribution in [0.25, 0.3) is 11.1 Å². The number of aliphatic carboxylic acids is 1. The Bertz CT molecular complexity index is 1320. The molecule has 0 aromatic heterocycles. The lowest BCUT2D eigenvalue weighted by Gasteiger charge is -2.18. The van der Waals surface area contributed by atoms with E-state index in [1.807, 2.05) is 37.3 Å². The van der Waals surface area contributed by atoms with E-state index in [4.69, 9.17) is 9.47 Å². The van der Waals surface area contributed by atoms with Crippen molar-refractivity contribution in [3.05, 3.63) is 82.4 Å². The average molecular weight is 473 g/mol. The van der Waals surface area contributed by atoms with Crippen LogP contribution in [0, 0.1) is 13.8 Å². The van der Waals surface area contributed by atoms with Crippen molar-refractivity contribution in [1.82, 2.24) is 0 Å². The lowest BCUT2D eigenvalue weighted by molar-refractivity contribution is -0.137. The summed E-state index contributed by atoms with van der Waals surface area (Å²) in [6.07, 6.45) is 2.17. The van der Waals surface area contributed by atoms with E-state index in [1.54, 1.807) is 0 Å². The first kappa shape index (κ1) is 23.2. The Morgan fingerprint density at radius 2 is 1.63 bits per heavy atom. The number of hydrogen-bond acceptors (Lipinski definition) is 4. The fraction of sp³-hybridized carbons (Fsp3) is 0.333. The zero-order valence-corrected chi connectivity index (χ0v) is 20.4. The van der Waals surface area contributed by atoms with Crippen molar-refractivity contribution < 1.29 is 25.6 Å². The van der Waals surface area contributed by atoms with Crippen molar-refractivity contribution in [2.24, 2.45) is 0 Å². The molecular weight excluding hydrogens is 440 g/mol. The molecule has 3 aromatic carbocycles. The Morgan fingerprint density at radius 3 is 2.34 bits per heavy atom. The molecule has 1 atom stereocenters. The lowest BCUT2D eigenvalue weighted by Crippen LogP contribution is -2.22. The maximum absolute atomic E-state index is 13.5. The van der Waals surface area contributed by atoms with Gasteiger partial charge in [0.2, 0.25) is 6.79 Å². The van der Waals surface area contributed by atoms with E-state index in [0.29, 0.717) is 12.2 Å². The summed E-state index contributed by atoms with van der Waals surface area (Å²) >= 11 is 0. The molecule has 0 radical (unpaired) electrons. The Balaban J connectivity index is 0.00000304. The molecule has 5 heteroatoms. The molecular formula is C30H32O5. The number of carboxylic acid groups (broad SMARTS) is 1. The summed E-state index contributed by atoms with van der Waals surface area (Å²) in [5, 5.41) is 9.20. The Labute approximate surface area is 207 Å². The number of aryl methyl sites for hydroxylation is 2. The number of ether oxygens (including phenoxy) is 2. The van der Waals surface area contributed by atoms with Crippen LogP contribution in [0.5, 0.6) is 11.5 Å². The molecule has 5 nitrogen and oxygen atoms in total. The molecule has 35 heavy (non-hydrogen) atoms. The molecule has 5 rings (SSSR count). The third-order valence-electron chi connectivity index (χ3n) is 7.48. The van der Waals surface area contributed by atoms with E-state index in [-0.39, 0.29) is 26.3 Å². The molecule has 0 saturated heterocycles. The number of hydrogen-bond donors (Lipinski definition) is 1. The minimum absolute atomic E-state index is 0. The zero-order valence-electron chi connectivity index (χ0n) is 20.4. The van der Waals surface area contributed by atoms with Crippen LogP contribution in [0.3, 0.4) is 0 Å². The summed E-state index contributed by atoms with van der Waals surface area (Å²) < 4.78 is 11.0. The van der Waals surface area contributed by atoms with Gasteiger partial charge in [0.1, 0.15) is 5.78 Å². The van der Waals surface area contributed by atoms with Crippen LogP contribution >= 0.6 is 0 Å². The molecule has 2 aliphatic rings. The topological polar surface area (TPSA) is 72.8 Å². The van der Waals surface area contributed by atoms with Gasteiger partial charge in [0.25, 0.3) is 0 Å². The number of carbonyl (C=O) groups excluding carboxylic acids is 1. The third kappa shape index (κ3) is 4.43. The first-order valence-electron chi connectivity index (χ1n) is 12.1. The highest BCUT2D eigenvalue weighted by atomic mass is 16.7. The average Bonchev–Trinajstić information content (AvgIpc) is 3.51. The van der Waals surface area contributed by atoms with Gasteiger partial charge in [-0.2, -0.15) is 0 Å². The quantitative estimate of drug-likeness (QED) is 0.413. The molecule has 1 aliphatic carbocycles. The maximum Gasteiger partial charge on any atom is 0.303 e. The van der Waals surface area contributed by atoms with Crippen molar-refractivity contribution >= 4 is 11.8 Å². The summed E-state index contributed by atoms with van der Waals surface area (Å²) in [5.41, 5.74) is 7.00. The second-order valence-corrected chi connectivity index (χ2v) is 9.97. The molecule has 0 amide bonds.